The predicted molar refractivity (Wildman–Crippen MR) is 67.3 cm³/mol. The summed E-state index contributed by atoms with van der Waals surface area (Å²) in [5.74, 6) is 0.454. The second-order valence-electron chi connectivity index (χ2n) is 4.36. The topological polar surface area (TPSA) is 16.1 Å². The van der Waals surface area contributed by atoms with Crippen LogP contribution in [0, 0.1) is 5.41 Å². The number of rotatable bonds is 3. The highest BCUT2D eigenvalue weighted by Crippen LogP contribution is 2.40. The van der Waals surface area contributed by atoms with Gasteiger partial charge in [-0.05, 0) is 6.42 Å². The van der Waals surface area contributed by atoms with E-state index in [4.69, 9.17) is 23.2 Å². The lowest BCUT2D eigenvalue weighted by Gasteiger charge is -2.47. The van der Waals surface area contributed by atoms with Gasteiger partial charge in [0.05, 0.1) is 10.8 Å². The second-order valence-corrected chi connectivity index (χ2v) is 6.05. The summed E-state index contributed by atoms with van der Waals surface area (Å²) in [5, 5.41) is 1.58. The van der Waals surface area contributed by atoms with E-state index in [1.807, 2.05) is 0 Å². The number of alkyl halides is 1. The van der Waals surface area contributed by atoms with E-state index in [9.17, 15) is 0 Å². The van der Waals surface area contributed by atoms with E-state index in [2.05, 4.69) is 23.7 Å². The Labute approximate surface area is 104 Å². The molecule has 84 valence electrons. The fourth-order valence-corrected chi connectivity index (χ4v) is 3.24. The summed E-state index contributed by atoms with van der Waals surface area (Å²) in [6.45, 7) is 6.70. The standard InChI is InChI=1S/C10H14Cl2N2S/c1-3-10(2)5-14(6-10)9-13-8(12)7(4-11)15-9/h3-6H2,1-2H3. The van der Waals surface area contributed by atoms with Crippen LogP contribution in [0.15, 0.2) is 0 Å². The van der Waals surface area contributed by atoms with Gasteiger partial charge in [-0.1, -0.05) is 36.8 Å². The molecule has 1 aromatic rings. The van der Waals surface area contributed by atoms with Crippen LogP contribution in [-0.4, -0.2) is 18.1 Å². The van der Waals surface area contributed by atoms with E-state index in [1.54, 1.807) is 11.3 Å². The quantitative estimate of drug-likeness (QED) is 0.773. The van der Waals surface area contributed by atoms with E-state index in [0.717, 1.165) is 23.1 Å². The fraction of sp³-hybridized carbons (Fsp3) is 0.700. The van der Waals surface area contributed by atoms with Gasteiger partial charge in [-0.3, -0.25) is 0 Å². The molecule has 0 aromatic carbocycles. The first-order chi connectivity index (χ1) is 7.08. The normalized spacial score (nSPS) is 19.1. The van der Waals surface area contributed by atoms with Crippen molar-refractivity contribution in [3.8, 4) is 0 Å². The molecule has 1 saturated heterocycles. The molecular weight excluding hydrogens is 251 g/mol. The van der Waals surface area contributed by atoms with Gasteiger partial charge in [-0.25, -0.2) is 4.98 Å². The molecule has 2 nitrogen and oxygen atoms in total. The molecule has 0 saturated carbocycles. The smallest absolute Gasteiger partial charge is 0.187 e. The minimum Gasteiger partial charge on any atom is -0.347 e. The molecule has 1 fully saturated rings. The average Bonchev–Trinajstić information content (AvgIpc) is 2.54. The van der Waals surface area contributed by atoms with Crippen LogP contribution < -0.4 is 4.90 Å². The highest BCUT2D eigenvalue weighted by atomic mass is 35.5. The molecule has 0 radical (unpaired) electrons. The minimum atomic E-state index is 0.454. The van der Waals surface area contributed by atoms with Crippen molar-refractivity contribution >= 4 is 39.7 Å². The lowest BCUT2D eigenvalue weighted by molar-refractivity contribution is 0.234. The third-order valence-corrected chi connectivity index (χ3v) is 5.00. The van der Waals surface area contributed by atoms with Gasteiger partial charge in [0.1, 0.15) is 5.15 Å². The molecule has 0 spiro atoms. The molecule has 1 aliphatic rings. The van der Waals surface area contributed by atoms with Gasteiger partial charge >= 0.3 is 0 Å². The van der Waals surface area contributed by atoms with Crippen molar-refractivity contribution in [2.24, 2.45) is 5.41 Å². The summed E-state index contributed by atoms with van der Waals surface area (Å²) in [6, 6.07) is 0. The van der Waals surface area contributed by atoms with Gasteiger partial charge in [0, 0.05) is 18.5 Å². The monoisotopic (exact) mass is 264 g/mol. The number of halogens is 2. The largest absolute Gasteiger partial charge is 0.347 e. The fourth-order valence-electron chi connectivity index (χ4n) is 1.77. The highest BCUT2D eigenvalue weighted by Gasteiger charge is 2.38. The van der Waals surface area contributed by atoms with E-state index < -0.39 is 0 Å². The van der Waals surface area contributed by atoms with Crippen LogP contribution in [-0.2, 0) is 5.88 Å². The second kappa shape index (κ2) is 4.11. The Bertz CT molecular complexity index is 358. The van der Waals surface area contributed by atoms with Gasteiger partial charge in [0.25, 0.3) is 0 Å². The summed E-state index contributed by atoms with van der Waals surface area (Å²) in [5.41, 5.74) is 0.458. The van der Waals surface area contributed by atoms with Crippen molar-refractivity contribution in [1.82, 2.24) is 4.98 Å². The first-order valence-corrected chi connectivity index (χ1v) is 6.77. The Morgan fingerprint density at radius 3 is 2.67 bits per heavy atom. The van der Waals surface area contributed by atoms with E-state index in [-0.39, 0.29) is 0 Å². The van der Waals surface area contributed by atoms with Crippen molar-refractivity contribution in [1.29, 1.82) is 0 Å². The Kier molecular flexibility index (Phi) is 3.15. The number of anilines is 1. The Hall–Kier alpha value is 0.01000. The maximum absolute atomic E-state index is 5.96. The van der Waals surface area contributed by atoms with Gasteiger partial charge in [0.2, 0.25) is 0 Å². The zero-order valence-electron chi connectivity index (χ0n) is 8.89. The van der Waals surface area contributed by atoms with Crippen molar-refractivity contribution in [2.45, 2.75) is 26.1 Å². The maximum Gasteiger partial charge on any atom is 0.187 e. The van der Waals surface area contributed by atoms with E-state index >= 15 is 0 Å². The van der Waals surface area contributed by atoms with Crippen molar-refractivity contribution in [3.05, 3.63) is 10.0 Å². The molecule has 5 heteroatoms. The summed E-state index contributed by atoms with van der Waals surface area (Å²) in [4.78, 5) is 7.57. The maximum atomic E-state index is 5.96. The molecular formula is C10H14Cl2N2S. The molecule has 2 heterocycles. The number of hydrogen-bond donors (Lipinski definition) is 0. The van der Waals surface area contributed by atoms with Gasteiger partial charge in [-0.15, -0.1) is 11.6 Å². The summed E-state index contributed by atoms with van der Waals surface area (Å²) in [7, 11) is 0. The lowest BCUT2D eigenvalue weighted by Crippen LogP contribution is -2.54. The van der Waals surface area contributed by atoms with Crippen LogP contribution in [0.1, 0.15) is 25.1 Å². The Balaban J connectivity index is 2.07. The average molecular weight is 265 g/mol. The van der Waals surface area contributed by atoms with Crippen LogP contribution in [0.3, 0.4) is 0 Å². The van der Waals surface area contributed by atoms with Crippen LogP contribution in [0.5, 0.6) is 0 Å². The zero-order valence-corrected chi connectivity index (χ0v) is 11.2. The van der Waals surface area contributed by atoms with Crippen molar-refractivity contribution in [3.63, 3.8) is 0 Å². The molecule has 2 rings (SSSR count). The van der Waals surface area contributed by atoms with Crippen molar-refractivity contribution < 1.29 is 0 Å². The molecule has 1 aromatic heterocycles. The van der Waals surface area contributed by atoms with Crippen LogP contribution in [0.4, 0.5) is 5.13 Å². The number of nitrogens with zero attached hydrogens (tertiary/aromatic N) is 2. The van der Waals surface area contributed by atoms with Gasteiger partial charge in [-0.2, -0.15) is 0 Å². The molecule has 1 aliphatic heterocycles. The lowest BCUT2D eigenvalue weighted by atomic mass is 9.80. The molecule has 0 aliphatic carbocycles. The van der Waals surface area contributed by atoms with Crippen LogP contribution >= 0.6 is 34.5 Å². The van der Waals surface area contributed by atoms with Crippen LogP contribution in [0.2, 0.25) is 5.15 Å². The first kappa shape index (κ1) is 11.5. The van der Waals surface area contributed by atoms with Gasteiger partial charge in [0.15, 0.2) is 5.13 Å². The number of hydrogen-bond acceptors (Lipinski definition) is 3. The highest BCUT2D eigenvalue weighted by molar-refractivity contribution is 7.16. The third-order valence-electron chi connectivity index (χ3n) is 3.03. The SMILES string of the molecule is CCC1(C)CN(c2nc(Cl)c(CCl)s2)C1. The molecule has 0 amide bonds. The molecule has 0 N–H and O–H groups in total. The zero-order chi connectivity index (χ0) is 11.1. The van der Waals surface area contributed by atoms with E-state index in [0.29, 0.717) is 16.4 Å². The summed E-state index contributed by atoms with van der Waals surface area (Å²) >= 11 is 13.3. The summed E-state index contributed by atoms with van der Waals surface area (Å²) < 4.78 is 0. The number of thiazole rings is 1. The Morgan fingerprint density at radius 2 is 2.20 bits per heavy atom. The van der Waals surface area contributed by atoms with E-state index in [1.165, 1.54) is 6.42 Å². The molecule has 0 atom stereocenters. The molecule has 0 unspecified atom stereocenters. The minimum absolute atomic E-state index is 0.454. The first-order valence-electron chi connectivity index (χ1n) is 5.04. The van der Waals surface area contributed by atoms with Crippen molar-refractivity contribution in [2.75, 3.05) is 18.0 Å². The molecule has 15 heavy (non-hydrogen) atoms. The summed E-state index contributed by atoms with van der Waals surface area (Å²) in [6.07, 6.45) is 1.21. The van der Waals surface area contributed by atoms with Crippen LogP contribution in [0.25, 0.3) is 0 Å². The molecule has 0 bridgehead atoms. The number of aromatic nitrogens is 1. The van der Waals surface area contributed by atoms with Gasteiger partial charge < -0.3 is 4.90 Å². The Morgan fingerprint density at radius 1 is 1.53 bits per heavy atom. The predicted octanol–water partition coefficient (Wildman–Crippen LogP) is 3.77. The third kappa shape index (κ3) is 2.10.